The first-order chi connectivity index (χ1) is 24.8. The number of halogens is 2. The molecule has 13 nitrogen and oxygen atoms in total. The van der Waals surface area contributed by atoms with Gasteiger partial charge in [0.15, 0.2) is 0 Å². The molecule has 0 spiro atoms. The van der Waals surface area contributed by atoms with Gasteiger partial charge in [-0.05, 0) is 16.7 Å². The van der Waals surface area contributed by atoms with Gasteiger partial charge in [-0.15, -0.1) is 24.8 Å². The number of carboxylic acid groups (broad SMARTS) is 3. The van der Waals surface area contributed by atoms with Crippen molar-refractivity contribution in [3.05, 3.63) is 108 Å². The Morgan fingerprint density at radius 2 is 0.755 bits per heavy atom. The lowest BCUT2D eigenvalue weighted by Crippen LogP contribution is -2.56. The Balaban J connectivity index is 0.00000486. The van der Waals surface area contributed by atoms with Crippen molar-refractivity contribution < 1.29 is 43.9 Å². The minimum Gasteiger partial charge on any atom is -0.480 e. The van der Waals surface area contributed by atoms with Crippen LogP contribution in [0.3, 0.4) is 0 Å². The molecule has 53 heavy (non-hydrogen) atoms. The van der Waals surface area contributed by atoms with Gasteiger partial charge in [0.25, 0.3) is 0 Å². The van der Waals surface area contributed by atoms with E-state index in [4.69, 9.17) is 14.2 Å². The predicted molar refractivity (Wildman–Crippen MR) is 205 cm³/mol. The number of benzene rings is 3. The van der Waals surface area contributed by atoms with Crippen LogP contribution in [-0.4, -0.2) is 138 Å². The normalized spacial score (nSPS) is 16.8. The zero-order chi connectivity index (χ0) is 36.3. The number of hydrogen-bond acceptors (Lipinski definition) is 10. The molecule has 0 aromatic heterocycles. The Labute approximate surface area is 323 Å². The maximum Gasteiger partial charge on any atom is 0.323 e. The maximum atomic E-state index is 12.7. The first-order valence-corrected chi connectivity index (χ1v) is 17.3. The summed E-state index contributed by atoms with van der Waals surface area (Å²) in [7, 11) is 0. The molecule has 15 heteroatoms. The van der Waals surface area contributed by atoms with Crippen molar-refractivity contribution in [3.8, 4) is 0 Å². The zero-order valence-electron chi connectivity index (χ0n) is 29.7. The summed E-state index contributed by atoms with van der Waals surface area (Å²) in [6.07, 6.45) is 0. The highest BCUT2D eigenvalue weighted by Gasteiger charge is 2.32. The lowest BCUT2D eigenvalue weighted by Gasteiger charge is -2.37. The highest BCUT2D eigenvalue weighted by atomic mass is 35.5. The van der Waals surface area contributed by atoms with Crippen molar-refractivity contribution in [2.24, 2.45) is 0 Å². The number of carbonyl (C=O) groups is 3. The fourth-order valence-corrected chi connectivity index (χ4v) is 5.94. The van der Waals surface area contributed by atoms with Gasteiger partial charge in [0, 0.05) is 52.4 Å². The van der Waals surface area contributed by atoms with Gasteiger partial charge in [0.2, 0.25) is 0 Å². The third-order valence-corrected chi connectivity index (χ3v) is 8.84. The summed E-state index contributed by atoms with van der Waals surface area (Å²) in [4.78, 5) is 43.1. The number of nitrogens with zero attached hydrogens (tertiary/aromatic N) is 3. The van der Waals surface area contributed by atoms with Crippen LogP contribution >= 0.6 is 24.8 Å². The van der Waals surface area contributed by atoms with E-state index < -0.39 is 36.0 Å². The predicted octanol–water partition coefficient (Wildman–Crippen LogP) is 3.35. The molecule has 3 aromatic carbocycles. The number of rotatable bonds is 18. The van der Waals surface area contributed by atoms with E-state index >= 15 is 0 Å². The van der Waals surface area contributed by atoms with Crippen LogP contribution in [0.15, 0.2) is 91.0 Å². The summed E-state index contributed by atoms with van der Waals surface area (Å²) in [5.74, 6) is -3.15. The average Bonchev–Trinajstić information content (AvgIpc) is 3.12. The molecule has 0 saturated carbocycles. The first kappa shape index (κ1) is 45.5. The van der Waals surface area contributed by atoms with Gasteiger partial charge in [-0.25, -0.2) is 0 Å². The Morgan fingerprint density at radius 1 is 0.491 bits per heavy atom. The summed E-state index contributed by atoms with van der Waals surface area (Å²) < 4.78 is 17.6. The SMILES string of the molecule is Cl.Cl.O=C(O)C(COCc1ccccc1)N1CCNCCN(C(COCc2ccccc2)C(=O)O)CCN(C(COCc2ccccc2)C(=O)O)CC1. The van der Waals surface area contributed by atoms with Gasteiger partial charge in [0.05, 0.1) is 39.6 Å². The third-order valence-electron chi connectivity index (χ3n) is 8.84. The lowest BCUT2D eigenvalue weighted by atomic mass is 10.2. The van der Waals surface area contributed by atoms with Crippen molar-refractivity contribution in [2.75, 3.05) is 72.2 Å². The largest absolute Gasteiger partial charge is 0.480 e. The minimum absolute atomic E-state index is 0. The third kappa shape index (κ3) is 16.1. The number of carboxylic acids is 3. The number of nitrogens with one attached hydrogen (secondary N) is 1. The molecule has 292 valence electrons. The van der Waals surface area contributed by atoms with E-state index in [2.05, 4.69) is 5.32 Å². The van der Waals surface area contributed by atoms with E-state index in [0.29, 0.717) is 26.2 Å². The van der Waals surface area contributed by atoms with Crippen molar-refractivity contribution in [2.45, 2.75) is 37.9 Å². The van der Waals surface area contributed by atoms with Crippen LogP contribution < -0.4 is 5.32 Å². The van der Waals surface area contributed by atoms with Gasteiger partial charge in [-0.2, -0.15) is 0 Å². The number of hydrogen-bond donors (Lipinski definition) is 4. The fourth-order valence-electron chi connectivity index (χ4n) is 5.94. The molecular formula is C38H52Cl2N4O9. The topological polar surface area (TPSA) is 161 Å². The minimum atomic E-state index is -1.09. The lowest BCUT2D eigenvalue weighted by molar-refractivity contribution is -0.150. The average molecular weight is 780 g/mol. The summed E-state index contributed by atoms with van der Waals surface area (Å²) >= 11 is 0. The molecule has 0 bridgehead atoms. The van der Waals surface area contributed by atoms with Crippen molar-refractivity contribution in [1.82, 2.24) is 20.0 Å². The van der Waals surface area contributed by atoms with Gasteiger partial charge in [-0.3, -0.25) is 29.1 Å². The summed E-state index contributed by atoms with van der Waals surface area (Å²) in [5.41, 5.74) is 2.76. The van der Waals surface area contributed by atoms with Crippen LogP contribution in [0.25, 0.3) is 0 Å². The molecule has 3 aromatic rings. The van der Waals surface area contributed by atoms with E-state index in [1.165, 1.54) is 0 Å². The standard InChI is InChI=1S/C38H50N4O9.2ClH/c43-36(44)33(27-49-24-30-10-4-1-5-11-30)40-18-16-39-17-19-41(34(37(45)46)28-50-25-31-12-6-2-7-13-31)21-23-42(22-20-40)35(38(47)48)29-51-26-32-14-8-3-9-15-32;;/h1-15,33-35,39H,16-29H2,(H,43,44)(H,45,46)(H,47,48);2*1H. The monoisotopic (exact) mass is 778 g/mol. The Bertz CT molecular complexity index is 1390. The first-order valence-electron chi connectivity index (χ1n) is 17.3. The van der Waals surface area contributed by atoms with Crippen molar-refractivity contribution >= 4 is 42.7 Å². The zero-order valence-corrected chi connectivity index (χ0v) is 31.4. The number of aliphatic carboxylic acids is 3. The molecule has 1 aliphatic rings. The molecule has 0 amide bonds. The van der Waals surface area contributed by atoms with Crippen LogP contribution in [0.4, 0.5) is 0 Å². The molecule has 1 aliphatic heterocycles. The van der Waals surface area contributed by atoms with Crippen molar-refractivity contribution in [1.29, 1.82) is 0 Å². The highest BCUT2D eigenvalue weighted by Crippen LogP contribution is 2.12. The molecule has 1 heterocycles. The van der Waals surface area contributed by atoms with E-state index in [1.807, 2.05) is 91.0 Å². The highest BCUT2D eigenvalue weighted by molar-refractivity contribution is 5.85. The van der Waals surface area contributed by atoms with Gasteiger partial charge in [0.1, 0.15) is 18.1 Å². The Kier molecular flexibility index (Phi) is 21.8. The molecule has 4 rings (SSSR count). The van der Waals surface area contributed by atoms with Gasteiger partial charge < -0.3 is 34.8 Å². The van der Waals surface area contributed by atoms with Crippen LogP contribution in [0.2, 0.25) is 0 Å². The van der Waals surface area contributed by atoms with Crippen LogP contribution in [-0.2, 0) is 48.4 Å². The van der Waals surface area contributed by atoms with E-state index in [-0.39, 0.29) is 90.6 Å². The Morgan fingerprint density at radius 3 is 1.02 bits per heavy atom. The molecule has 3 atom stereocenters. The van der Waals surface area contributed by atoms with Gasteiger partial charge >= 0.3 is 17.9 Å². The second kappa shape index (κ2) is 25.4. The second-order valence-corrected chi connectivity index (χ2v) is 12.4. The van der Waals surface area contributed by atoms with Crippen LogP contribution in [0, 0.1) is 0 Å². The second-order valence-electron chi connectivity index (χ2n) is 12.4. The molecule has 1 fully saturated rings. The molecular weight excluding hydrogens is 727 g/mol. The Hall–Kier alpha value is -3.63. The smallest absolute Gasteiger partial charge is 0.323 e. The van der Waals surface area contributed by atoms with Gasteiger partial charge in [-0.1, -0.05) is 91.0 Å². The molecule has 1 saturated heterocycles. The van der Waals surface area contributed by atoms with E-state index in [0.717, 1.165) is 16.7 Å². The summed E-state index contributed by atoms with van der Waals surface area (Å²) in [6.45, 7) is 2.96. The van der Waals surface area contributed by atoms with E-state index in [9.17, 15) is 29.7 Å². The van der Waals surface area contributed by atoms with Crippen molar-refractivity contribution in [3.63, 3.8) is 0 Å². The maximum absolute atomic E-state index is 12.7. The molecule has 0 aliphatic carbocycles. The van der Waals surface area contributed by atoms with Crippen LogP contribution in [0.1, 0.15) is 16.7 Å². The number of ether oxygens (including phenoxy) is 3. The fraction of sp³-hybridized carbons (Fsp3) is 0.447. The quantitative estimate of drug-likeness (QED) is 0.149. The molecule has 0 radical (unpaired) electrons. The molecule has 3 unspecified atom stereocenters. The van der Waals surface area contributed by atoms with E-state index in [1.54, 1.807) is 14.7 Å². The summed E-state index contributed by atoms with van der Waals surface area (Å²) in [5, 5.41) is 34.2. The van der Waals surface area contributed by atoms with Crippen LogP contribution in [0.5, 0.6) is 0 Å². The summed E-state index contributed by atoms with van der Waals surface area (Å²) in [6, 6.07) is 25.5. The molecule has 4 N–H and O–H groups in total.